The molecular weight excluding hydrogens is 414 g/mol. The van der Waals surface area contributed by atoms with Crippen LogP contribution in [0.25, 0.3) is 0 Å². The molecule has 9 heteroatoms. The summed E-state index contributed by atoms with van der Waals surface area (Å²) in [4.78, 5) is 11.1. The minimum absolute atomic E-state index is 0. The van der Waals surface area contributed by atoms with Gasteiger partial charge in [0.2, 0.25) is 0 Å². The van der Waals surface area contributed by atoms with Gasteiger partial charge in [0.25, 0.3) is 0 Å². The van der Waals surface area contributed by atoms with Crippen LogP contribution in [0.2, 0.25) is 0 Å². The molecule has 2 aromatic rings. The van der Waals surface area contributed by atoms with Gasteiger partial charge in [-0.2, -0.15) is 0 Å². The number of nitrogens with one attached hydrogen (secondary N) is 1. The van der Waals surface area contributed by atoms with Crippen molar-refractivity contribution in [2.75, 3.05) is 26.9 Å². The number of esters is 1. The third-order valence-electron chi connectivity index (χ3n) is 4.14. The highest BCUT2D eigenvalue weighted by atomic mass is 35.5. The molecule has 0 aliphatic carbocycles. The molecule has 0 radical (unpaired) electrons. The first-order valence-corrected chi connectivity index (χ1v) is 9.22. The van der Waals surface area contributed by atoms with Crippen LogP contribution < -0.4 is 14.8 Å². The number of methoxy groups -OCH3 is 1. The van der Waals surface area contributed by atoms with Crippen LogP contribution in [0, 0.1) is 0 Å². The maximum Gasteiger partial charge on any atom is 0.343 e. The minimum atomic E-state index is -0.734. The van der Waals surface area contributed by atoms with Crippen molar-refractivity contribution in [1.29, 1.82) is 0 Å². The van der Waals surface area contributed by atoms with Crippen LogP contribution >= 0.6 is 12.4 Å². The van der Waals surface area contributed by atoms with Crippen molar-refractivity contribution in [2.24, 2.45) is 0 Å². The van der Waals surface area contributed by atoms with Gasteiger partial charge in [0.1, 0.15) is 24.2 Å². The maximum atomic E-state index is 11.1. The number of carbonyl (C=O) groups excluding carboxylic acids is 1. The predicted octanol–water partition coefficient (Wildman–Crippen LogP) is 2.03. The van der Waals surface area contributed by atoms with Gasteiger partial charge in [-0.25, -0.2) is 4.79 Å². The number of halogens is 1. The SMILES string of the molecule is COC(=O)COc1ccc(CC(C)NCC(O)COc2ccc(O)c(O)c2)cc1.Cl. The zero-order chi connectivity index (χ0) is 21.2. The molecule has 0 amide bonds. The highest BCUT2D eigenvalue weighted by Crippen LogP contribution is 2.28. The predicted molar refractivity (Wildman–Crippen MR) is 114 cm³/mol. The molecule has 0 aromatic heterocycles. The van der Waals surface area contributed by atoms with Gasteiger partial charge in [0.05, 0.1) is 7.11 Å². The van der Waals surface area contributed by atoms with E-state index >= 15 is 0 Å². The van der Waals surface area contributed by atoms with Crippen molar-refractivity contribution >= 4 is 18.4 Å². The van der Waals surface area contributed by atoms with E-state index in [0.29, 0.717) is 18.0 Å². The van der Waals surface area contributed by atoms with Crippen LogP contribution in [-0.4, -0.2) is 60.3 Å². The second-order valence-electron chi connectivity index (χ2n) is 6.64. The molecule has 30 heavy (non-hydrogen) atoms. The van der Waals surface area contributed by atoms with Crippen molar-refractivity contribution in [1.82, 2.24) is 5.32 Å². The molecule has 0 saturated heterocycles. The summed E-state index contributed by atoms with van der Waals surface area (Å²) in [6, 6.07) is 11.7. The summed E-state index contributed by atoms with van der Waals surface area (Å²) in [5, 5.41) is 32.0. The Morgan fingerprint density at radius 3 is 2.33 bits per heavy atom. The maximum absolute atomic E-state index is 11.1. The number of ether oxygens (including phenoxy) is 3. The Balaban J connectivity index is 0.00000450. The van der Waals surface area contributed by atoms with E-state index in [4.69, 9.17) is 9.47 Å². The Morgan fingerprint density at radius 1 is 1.03 bits per heavy atom. The number of aromatic hydroxyl groups is 2. The molecule has 0 aliphatic rings. The summed E-state index contributed by atoms with van der Waals surface area (Å²) in [5.74, 6) is 0.0213. The lowest BCUT2D eigenvalue weighted by Crippen LogP contribution is -2.37. The van der Waals surface area contributed by atoms with E-state index in [1.165, 1.54) is 25.3 Å². The smallest absolute Gasteiger partial charge is 0.343 e. The molecule has 0 saturated carbocycles. The average Bonchev–Trinajstić information content (AvgIpc) is 2.72. The molecule has 2 aromatic carbocycles. The lowest BCUT2D eigenvalue weighted by Gasteiger charge is -2.18. The first-order chi connectivity index (χ1) is 13.9. The molecule has 0 aliphatic heterocycles. The third-order valence-corrected chi connectivity index (χ3v) is 4.14. The van der Waals surface area contributed by atoms with Crippen molar-refractivity contribution in [3.63, 3.8) is 0 Å². The molecule has 2 atom stereocenters. The van der Waals surface area contributed by atoms with Crippen molar-refractivity contribution in [2.45, 2.75) is 25.5 Å². The number of aliphatic hydroxyl groups excluding tert-OH is 1. The van der Waals surface area contributed by atoms with Gasteiger partial charge >= 0.3 is 5.97 Å². The molecule has 2 rings (SSSR count). The number of carbonyl (C=O) groups is 1. The molecule has 166 valence electrons. The first kappa shape index (κ1) is 25.4. The van der Waals surface area contributed by atoms with E-state index in [1.54, 1.807) is 12.1 Å². The van der Waals surface area contributed by atoms with Gasteiger partial charge in [-0.15, -0.1) is 12.4 Å². The minimum Gasteiger partial charge on any atom is -0.504 e. The van der Waals surface area contributed by atoms with Gasteiger partial charge in [-0.05, 0) is 43.2 Å². The number of hydrogen-bond acceptors (Lipinski definition) is 8. The van der Waals surface area contributed by atoms with Crippen LogP contribution in [0.3, 0.4) is 0 Å². The molecule has 2 unspecified atom stereocenters. The van der Waals surface area contributed by atoms with Crippen LogP contribution in [0.4, 0.5) is 0 Å². The monoisotopic (exact) mass is 441 g/mol. The van der Waals surface area contributed by atoms with E-state index in [-0.39, 0.29) is 43.2 Å². The van der Waals surface area contributed by atoms with Gasteiger partial charge in [0.15, 0.2) is 18.1 Å². The fourth-order valence-electron chi connectivity index (χ4n) is 2.53. The topological polar surface area (TPSA) is 117 Å². The molecule has 0 fully saturated rings. The third kappa shape index (κ3) is 8.77. The standard InChI is InChI=1S/C21H27NO7.ClH/c1-14(9-15-3-5-17(6-4-15)29-13-21(26)27-2)22-11-16(23)12-28-18-7-8-19(24)20(25)10-18;/h3-8,10,14,16,22-25H,9,11-13H2,1-2H3;1H. The lowest BCUT2D eigenvalue weighted by molar-refractivity contribution is -0.142. The summed E-state index contributed by atoms with van der Waals surface area (Å²) in [6.07, 6.45) is 0.0129. The summed E-state index contributed by atoms with van der Waals surface area (Å²) in [7, 11) is 1.31. The second-order valence-corrected chi connectivity index (χ2v) is 6.64. The van der Waals surface area contributed by atoms with Gasteiger partial charge in [-0.3, -0.25) is 0 Å². The number of phenolic OH excluding ortho intramolecular Hbond substituents is 2. The Bertz CT molecular complexity index is 785. The molecule has 0 bridgehead atoms. The normalized spacial score (nSPS) is 12.4. The highest BCUT2D eigenvalue weighted by Gasteiger charge is 2.10. The Kier molecular flexibility index (Phi) is 10.8. The molecule has 8 nitrogen and oxygen atoms in total. The summed E-state index contributed by atoms with van der Waals surface area (Å²) < 4.78 is 15.2. The number of rotatable bonds is 11. The van der Waals surface area contributed by atoms with E-state index in [0.717, 1.165) is 12.0 Å². The average molecular weight is 442 g/mol. The summed E-state index contributed by atoms with van der Waals surface area (Å²) >= 11 is 0. The first-order valence-electron chi connectivity index (χ1n) is 9.22. The number of phenols is 2. The number of aliphatic hydroxyl groups is 1. The van der Waals surface area contributed by atoms with E-state index < -0.39 is 12.1 Å². The van der Waals surface area contributed by atoms with Gasteiger partial charge in [-0.1, -0.05) is 12.1 Å². The summed E-state index contributed by atoms with van der Waals surface area (Å²) in [5.41, 5.74) is 1.08. The van der Waals surface area contributed by atoms with E-state index in [1.807, 2.05) is 19.1 Å². The highest BCUT2D eigenvalue weighted by molar-refractivity contribution is 5.85. The lowest BCUT2D eigenvalue weighted by atomic mass is 10.1. The van der Waals surface area contributed by atoms with Gasteiger partial charge < -0.3 is 34.8 Å². The van der Waals surface area contributed by atoms with E-state index in [2.05, 4.69) is 10.1 Å². The second kappa shape index (κ2) is 12.8. The molecule has 0 heterocycles. The Morgan fingerprint density at radius 2 is 1.70 bits per heavy atom. The zero-order valence-electron chi connectivity index (χ0n) is 16.9. The quantitative estimate of drug-likeness (QED) is 0.309. The van der Waals surface area contributed by atoms with Crippen LogP contribution in [-0.2, 0) is 16.0 Å². The number of hydrogen-bond donors (Lipinski definition) is 4. The fourth-order valence-corrected chi connectivity index (χ4v) is 2.53. The van der Waals surface area contributed by atoms with E-state index in [9.17, 15) is 20.1 Å². The largest absolute Gasteiger partial charge is 0.504 e. The summed E-state index contributed by atoms with van der Waals surface area (Å²) in [6.45, 7) is 2.27. The van der Waals surface area contributed by atoms with Gasteiger partial charge in [0, 0.05) is 18.7 Å². The van der Waals surface area contributed by atoms with Crippen molar-refractivity contribution < 1.29 is 34.3 Å². The molecular formula is C21H28ClNO7. The van der Waals surface area contributed by atoms with Crippen LogP contribution in [0.5, 0.6) is 23.0 Å². The number of benzene rings is 2. The Hall–Kier alpha value is -2.68. The van der Waals surface area contributed by atoms with Crippen LogP contribution in [0.15, 0.2) is 42.5 Å². The van der Waals surface area contributed by atoms with Crippen molar-refractivity contribution in [3.05, 3.63) is 48.0 Å². The Labute approximate surface area is 181 Å². The van der Waals surface area contributed by atoms with Crippen molar-refractivity contribution in [3.8, 4) is 23.0 Å². The fraction of sp³-hybridized carbons (Fsp3) is 0.381. The van der Waals surface area contributed by atoms with Crippen LogP contribution in [0.1, 0.15) is 12.5 Å². The molecule has 0 spiro atoms. The zero-order valence-corrected chi connectivity index (χ0v) is 17.7. The molecule has 4 N–H and O–H groups in total.